The Balaban J connectivity index is 1.27. The third-order valence-electron chi connectivity index (χ3n) is 10.7. The largest absolute Gasteiger partial charge is 0.480 e. The van der Waals surface area contributed by atoms with Gasteiger partial charge in [0.2, 0.25) is 35.4 Å². The number of aliphatic hydroxyl groups is 2. The van der Waals surface area contributed by atoms with E-state index in [1.165, 1.54) is 22.3 Å². The first-order chi connectivity index (χ1) is 28.2. The second kappa shape index (κ2) is 20.2. The number of fused-ring (bicyclic) bond motifs is 1. The molecule has 11 N–H and O–H groups in total. The second-order valence-corrected chi connectivity index (χ2v) is 15.4. The summed E-state index contributed by atoms with van der Waals surface area (Å²) in [7, 11) is 0. The quantitative estimate of drug-likeness (QED) is 0.0631. The number of H-pyrrole nitrogens is 2. The molecule has 59 heavy (non-hydrogen) atoms. The van der Waals surface area contributed by atoms with Crippen LogP contribution in [0.2, 0.25) is 0 Å². The summed E-state index contributed by atoms with van der Waals surface area (Å²) in [5.74, 6) is -5.47. The predicted octanol–water partition coefficient (Wildman–Crippen LogP) is -1.96. The first kappa shape index (κ1) is 44.2. The molecule has 2 aliphatic heterocycles. The first-order valence-electron chi connectivity index (χ1n) is 19.8. The molecule has 2 saturated heterocycles. The van der Waals surface area contributed by atoms with Crippen molar-refractivity contribution in [1.29, 1.82) is 0 Å². The van der Waals surface area contributed by atoms with Gasteiger partial charge in [-0.15, -0.1) is 0 Å². The number of benzene rings is 1. The highest BCUT2D eigenvalue weighted by Gasteiger charge is 2.44. The summed E-state index contributed by atoms with van der Waals surface area (Å²) >= 11 is 0. The van der Waals surface area contributed by atoms with Gasteiger partial charge in [0.05, 0.1) is 19.5 Å². The highest BCUT2D eigenvalue weighted by atomic mass is 16.4. The van der Waals surface area contributed by atoms with E-state index in [0.29, 0.717) is 30.5 Å². The van der Waals surface area contributed by atoms with Crippen LogP contribution in [0.4, 0.5) is 0 Å². The van der Waals surface area contributed by atoms with Gasteiger partial charge in [0.15, 0.2) is 0 Å². The summed E-state index contributed by atoms with van der Waals surface area (Å²) < 4.78 is 0. The lowest BCUT2D eigenvalue weighted by Gasteiger charge is -2.33. The standard InChI is InChI=1S/C39H54N10O10/c1-21(2)13-27(34(53)46-29(39(58)59)14-22-16-42-26-8-4-3-7-24(22)26)44-36(55)31-9-5-11-48(31)38(57)32-10-6-12-49(32)37(56)28(15-23-17-41-20-43-23)45-35(54)30(19-51)47-33(52)25(40)18-50/h3-4,7-8,16-17,20-21,25,27-32,42,50-51H,5-6,9-15,18-19,40H2,1-2H3,(H,41,43)(H,44,55)(H,45,54)(H,46,53)(H,47,52)(H,58,59)/t25-,27-,28-,29-,30-,31-,32-/m0/s1. The van der Waals surface area contributed by atoms with Crippen LogP contribution < -0.4 is 27.0 Å². The predicted molar refractivity (Wildman–Crippen MR) is 211 cm³/mol. The smallest absolute Gasteiger partial charge is 0.326 e. The molecule has 4 heterocycles. The number of imidazole rings is 1. The Hall–Kier alpha value is -5.86. The normalized spacial score (nSPS) is 19.2. The zero-order valence-corrected chi connectivity index (χ0v) is 33.1. The first-order valence-corrected chi connectivity index (χ1v) is 19.8. The second-order valence-electron chi connectivity index (χ2n) is 15.4. The van der Waals surface area contributed by atoms with E-state index in [4.69, 9.17) is 5.73 Å². The van der Waals surface area contributed by atoms with E-state index in [-0.39, 0.29) is 44.7 Å². The molecular formula is C39H54N10O10. The molecule has 7 atom stereocenters. The zero-order chi connectivity index (χ0) is 42.8. The van der Waals surface area contributed by atoms with Crippen molar-refractivity contribution >= 4 is 52.3 Å². The number of amides is 6. The van der Waals surface area contributed by atoms with Gasteiger partial charge in [-0.05, 0) is 49.7 Å². The van der Waals surface area contributed by atoms with Crippen LogP contribution >= 0.6 is 0 Å². The van der Waals surface area contributed by atoms with E-state index in [9.17, 15) is 48.9 Å². The van der Waals surface area contributed by atoms with Crippen LogP contribution in [0, 0.1) is 5.92 Å². The molecule has 0 radical (unpaired) electrons. The van der Waals surface area contributed by atoms with Crippen LogP contribution in [0.1, 0.15) is 57.2 Å². The Morgan fingerprint density at radius 3 is 2.14 bits per heavy atom. The van der Waals surface area contributed by atoms with E-state index in [1.54, 1.807) is 6.20 Å². The molecule has 1 aromatic carbocycles. The Bertz CT molecular complexity index is 1970. The number of nitrogens with two attached hydrogens (primary N) is 1. The van der Waals surface area contributed by atoms with E-state index >= 15 is 0 Å². The molecule has 0 aliphatic carbocycles. The molecule has 2 fully saturated rings. The van der Waals surface area contributed by atoms with Crippen LogP contribution in [0.3, 0.4) is 0 Å². The summed E-state index contributed by atoms with van der Waals surface area (Å²) in [5.41, 5.74) is 7.54. The fourth-order valence-electron chi connectivity index (χ4n) is 7.59. The van der Waals surface area contributed by atoms with Gasteiger partial charge in [-0.2, -0.15) is 0 Å². The molecule has 20 nitrogen and oxygen atoms in total. The molecule has 0 spiro atoms. The van der Waals surface area contributed by atoms with Crippen molar-refractivity contribution in [3.05, 3.63) is 54.2 Å². The summed E-state index contributed by atoms with van der Waals surface area (Å²) in [6, 6.07) is -1.08. The Morgan fingerprint density at radius 1 is 0.814 bits per heavy atom. The van der Waals surface area contributed by atoms with Crippen molar-refractivity contribution in [2.45, 2.75) is 101 Å². The Labute approximate surface area is 340 Å². The highest BCUT2D eigenvalue weighted by Crippen LogP contribution is 2.27. The summed E-state index contributed by atoms with van der Waals surface area (Å²) in [5, 5.41) is 40.2. The number of rotatable bonds is 19. The molecule has 0 saturated carbocycles. The lowest BCUT2D eigenvalue weighted by molar-refractivity contribution is -0.148. The number of carboxylic acid groups (broad SMARTS) is 1. The number of nitrogens with zero attached hydrogens (tertiary/aromatic N) is 3. The maximum absolute atomic E-state index is 14.3. The number of likely N-dealkylation sites (tertiary alicyclic amines) is 2. The molecular weight excluding hydrogens is 768 g/mol. The van der Waals surface area contributed by atoms with Crippen molar-refractivity contribution in [2.75, 3.05) is 26.3 Å². The molecule has 320 valence electrons. The van der Waals surface area contributed by atoms with Crippen molar-refractivity contribution < 1.29 is 48.9 Å². The minimum absolute atomic E-state index is 0.000709. The fraction of sp³-hybridized carbons (Fsp3) is 0.538. The van der Waals surface area contributed by atoms with Gasteiger partial charge in [-0.3, -0.25) is 28.8 Å². The number of para-hydroxylation sites is 1. The van der Waals surface area contributed by atoms with Gasteiger partial charge in [0, 0.05) is 54.9 Å². The molecule has 5 rings (SSSR count). The molecule has 0 unspecified atom stereocenters. The number of aromatic amines is 2. The average molecular weight is 823 g/mol. The number of hydrogen-bond acceptors (Lipinski definition) is 11. The summed E-state index contributed by atoms with van der Waals surface area (Å²) in [4.78, 5) is 107. The van der Waals surface area contributed by atoms with Crippen LogP contribution in [0.5, 0.6) is 0 Å². The summed E-state index contributed by atoms with van der Waals surface area (Å²) in [6.07, 6.45) is 6.15. The number of nitrogens with one attached hydrogen (secondary N) is 6. The summed E-state index contributed by atoms with van der Waals surface area (Å²) in [6.45, 7) is 2.56. The Kier molecular flexibility index (Phi) is 15.2. The highest BCUT2D eigenvalue weighted by molar-refractivity contribution is 5.98. The number of carboxylic acids is 1. The molecule has 3 aromatic rings. The number of hydrogen-bond donors (Lipinski definition) is 10. The van der Waals surface area contributed by atoms with Gasteiger partial charge in [-0.25, -0.2) is 9.78 Å². The van der Waals surface area contributed by atoms with Gasteiger partial charge < -0.3 is 62.1 Å². The van der Waals surface area contributed by atoms with E-state index in [0.717, 1.165) is 10.9 Å². The Morgan fingerprint density at radius 2 is 1.47 bits per heavy atom. The zero-order valence-electron chi connectivity index (χ0n) is 33.1. The van der Waals surface area contributed by atoms with E-state index in [1.807, 2.05) is 38.1 Å². The van der Waals surface area contributed by atoms with E-state index in [2.05, 4.69) is 36.2 Å². The maximum atomic E-state index is 14.3. The van der Waals surface area contributed by atoms with Crippen molar-refractivity contribution in [1.82, 2.24) is 46.0 Å². The van der Waals surface area contributed by atoms with Gasteiger partial charge >= 0.3 is 5.97 Å². The monoisotopic (exact) mass is 822 g/mol. The van der Waals surface area contributed by atoms with Crippen LogP contribution in [0.25, 0.3) is 10.9 Å². The molecule has 6 amide bonds. The maximum Gasteiger partial charge on any atom is 0.326 e. The van der Waals surface area contributed by atoms with E-state index < -0.39 is 96.9 Å². The molecule has 0 bridgehead atoms. The third-order valence-corrected chi connectivity index (χ3v) is 10.7. The third kappa shape index (κ3) is 11.0. The molecule has 2 aromatic heterocycles. The van der Waals surface area contributed by atoms with Crippen LogP contribution in [-0.2, 0) is 46.4 Å². The topological polar surface area (TPSA) is 305 Å². The van der Waals surface area contributed by atoms with Crippen molar-refractivity contribution in [2.24, 2.45) is 11.7 Å². The minimum atomic E-state index is -1.51. The molecule has 20 heteroatoms. The molecule has 2 aliphatic rings. The van der Waals surface area contributed by atoms with Gasteiger partial charge in [-0.1, -0.05) is 32.0 Å². The van der Waals surface area contributed by atoms with Gasteiger partial charge in [0.25, 0.3) is 0 Å². The number of aliphatic carboxylic acids is 1. The lowest BCUT2D eigenvalue weighted by atomic mass is 10.0. The number of carbonyl (C=O) groups is 7. The number of aliphatic hydroxyl groups excluding tert-OH is 2. The average Bonchev–Trinajstić information content (AvgIpc) is 4.06. The minimum Gasteiger partial charge on any atom is -0.480 e. The lowest BCUT2D eigenvalue weighted by Crippen LogP contribution is -2.60. The van der Waals surface area contributed by atoms with Crippen LogP contribution in [0.15, 0.2) is 43.0 Å². The van der Waals surface area contributed by atoms with Gasteiger partial charge in [0.1, 0.15) is 42.3 Å². The number of aromatic nitrogens is 3. The van der Waals surface area contributed by atoms with Crippen molar-refractivity contribution in [3.8, 4) is 0 Å². The van der Waals surface area contributed by atoms with Crippen LogP contribution in [-0.4, -0.2) is 150 Å². The van der Waals surface area contributed by atoms with Crippen molar-refractivity contribution in [3.63, 3.8) is 0 Å². The SMILES string of the molecule is CC(C)C[C@H](NC(=O)[C@@H]1CCCN1C(=O)[C@@H]1CCCN1C(=O)[C@H](Cc1cnc[nH]1)NC(=O)[C@H](CO)NC(=O)[C@@H](N)CO)C(=O)N[C@@H](Cc1c[nH]c2ccccc12)C(=O)O. The number of carbonyl (C=O) groups excluding carboxylic acids is 6. The fourth-order valence-corrected chi connectivity index (χ4v) is 7.59.